The molecule has 15 heavy (non-hydrogen) atoms. The van der Waals surface area contributed by atoms with Gasteiger partial charge in [0, 0.05) is 0 Å². The number of para-hydroxylation sites is 1. The fraction of sp³-hybridized carbons (Fsp3) is 0.200. The van der Waals surface area contributed by atoms with Gasteiger partial charge in [-0.25, -0.2) is 0 Å². The van der Waals surface area contributed by atoms with Crippen LogP contribution < -0.4 is 10.1 Å². The molecule has 4 nitrogen and oxygen atoms in total. The van der Waals surface area contributed by atoms with Gasteiger partial charge in [0.15, 0.2) is 6.61 Å². The van der Waals surface area contributed by atoms with Crippen molar-refractivity contribution < 1.29 is 9.53 Å². The van der Waals surface area contributed by atoms with Gasteiger partial charge in [0.25, 0.3) is 5.91 Å². The van der Waals surface area contributed by atoms with Gasteiger partial charge < -0.3 is 10.1 Å². The zero-order chi connectivity index (χ0) is 11.1. The highest BCUT2D eigenvalue weighted by atomic mass is 79.9. The third kappa shape index (κ3) is 4.00. The maximum Gasteiger partial charge on any atom is 0.258 e. The summed E-state index contributed by atoms with van der Waals surface area (Å²) in [6.07, 6.45) is 0. The highest BCUT2D eigenvalue weighted by Gasteiger charge is 2.03. The summed E-state index contributed by atoms with van der Waals surface area (Å²) in [5.41, 5.74) is 0. The summed E-state index contributed by atoms with van der Waals surface area (Å²) in [4.78, 5) is 11.1. The number of halogens is 1. The fourth-order valence-electron chi connectivity index (χ4n) is 0.894. The number of nitriles is 1. The van der Waals surface area contributed by atoms with Crippen molar-refractivity contribution in [3.05, 3.63) is 28.7 Å². The van der Waals surface area contributed by atoms with E-state index < -0.39 is 0 Å². The second kappa shape index (κ2) is 6.04. The van der Waals surface area contributed by atoms with E-state index in [1.165, 1.54) is 0 Å². The molecular weight excluding hydrogens is 260 g/mol. The summed E-state index contributed by atoms with van der Waals surface area (Å²) in [5, 5.41) is 10.6. The molecule has 0 saturated heterocycles. The van der Waals surface area contributed by atoms with Crippen LogP contribution in [0, 0.1) is 11.3 Å². The molecule has 1 aromatic carbocycles. The molecule has 0 bridgehead atoms. The quantitative estimate of drug-likeness (QED) is 0.842. The Hall–Kier alpha value is -1.54. The van der Waals surface area contributed by atoms with Crippen LogP contribution in [-0.2, 0) is 4.79 Å². The van der Waals surface area contributed by atoms with E-state index in [9.17, 15) is 4.79 Å². The maximum atomic E-state index is 11.1. The van der Waals surface area contributed by atoms with Crippen molar-refractivity contribution in [2.45, 2.75) is 0 Å². The van der Waals surface area contributed by atoms with Gasteiger partial charge in [0.2, 0.25) is 0 Å². The van der Waals surface area contributed by atoms with Crippen molar-refractivity contribution in [1.29, 1.82) is 5.26 Å². The lowest BCUT2D eigenvalue weighted by Crippen LogP contribution is -2.29. The first-order valence-electron chi connectivity index (χ1n) is 4.25. The topological polar surface area (TPSA) is 62.1 Å². The SMILES string of the molecule is N#CCNC(=O)COc1ccccc1Br. The van der Waals surface area contributed by atoms with Gasteiger partial charge in [0.05, 0.1) is 10.5 Å². The van der Waals surface area contributed by atoms with Crippen LogP contribution in [0.5, 0.6) is 5.75 Å². The molecule has 1 amide bonds. The molecule has 0 spiro atoms. The first-order chi connectivity index (χ1) is 7.24. The molecule has 1 aromatic rings. The molecule has 0 aliphatic rings. The number of benzene rings is 1. The summed E-state index contributed by atoms with van der Waals surface area (Å²) >= 11 is 3.29. The van der Waals surface area contributed by atoms with Crippen molar-refractivity contribution >= 4 is 21.8 Å². The third-order valence-electron chi connectivity index (χ3n) is 1.56. The summed E-state index contributed by atoms with van der Waals surface area (Å²) in [6.45, 7) is -0.0948. The Morgan fingerprint density at radius 3 is 2.93 bits per heavy atom. The van der Waals surface area contributed by atoms with Gasteiger partial charge >= 0.3 is 0 Å². The molecule has 0 heterocycles. The molecule has 78 valence electrons. The van der Waals surface area contributed by atoms with Crippen LogP contribution in [0.15, 0.2) is 28.7 Å². The van der Waals surface area contributed by atoms with E-state index in [2.05, 4.69) is 21.2 Å². The largest absolute Gasteiger partial charge is 0.483 e. The van der Waals surface area contributed by atoms with Gasteiger partial charge in [-0.3, -0.25) is 4.79 Å². The van der Waals surface area contributed by atoms with E-state index in [-0.39, 0.29) is 19.1 Å². The molecule has 1 N–H and O–H groups in total. The molecule has 0 aliphatic carbocycles. The molecule has 1 rings (SSSR count). The lowest BCUT2D eigenvalue weighted by molar-refractivity contribution is -0.122. The van der Waals surface area contributed by atoms with Crippen molar-refractivity contribution in [2.24, 2.45) is 0 Å². The smallest absolute Gasteiger partial charge is 0.258 e. The Labute approximate surface area is 96.0 Å². The maximum absolute atomic E-state index is 11.1. The number of carbonyl (C=O) groups excluding carboxylic acids is 1. The van der Waals surface area contributed by atoms with Crippen LogP contribution in [0.3, 0.4) is 0 Å². The van der Waals surface area contributed by atoms with Crippen LogP contribution in [0.1, 0.15) is 0 Å². The van der Waals surface area contributed by atoms with E-state index in [1.54, 1.807) is 6.07 Å². The highest BCUT2D eigenvalue weighted by Crippen LogP contribution is 2.23. The Kier molecular flexibility index (Phi) is 4.64. The van der Waals surface area contributed by atoms with Crippen molar-refractivity contribution in [2.75, 3.05) is 13.2 Å². The Morgan fingerprint density at radius 2 is 2.27 bits per heavy atom. The second-order valence-electron chi connectivity index (χ2n) is 2.65. The fourth-order valence-corrected chi connectivity index (χ4v) is 1.29. The van der Waals surface area contributed by atoms with Gasteiger partial charge in [0.1, 0.15) is 12.3 Å². The number of hydrogen-bond donors (Lipinski definition) is 1. The molecule has 0 atom stereocenters. The van der Waals surface area contributed by atoms with Crippen LogP contribution in [-0.4, -0.2) is 19.1 Å². The minimum atomic E-state index is -0.313. The average molecular weight is 269 g/mol. The van der Waals surface area contributed by atoms with Crippen LogP contribution in [0.4, 0.5) is 0 Å². The van der Waals surface area contributed by atoms with Gasteiger partial charge in [-0.1, -0.05) is 12.1 Å². The molecule has 0 radical (unpaired) electrons. The highest BCUT2D eigenvalue weighted by molar-refractivity contribution is 9.10. The van der Waals surface area contributed by atoms with Crippen LogP contribution in [0.2, 0.25) is 0 Å². The zero-order valence-corrected chi connectivity index (χ0v) is 9.45. The van der Waals surface area contributed by atoms with Crippen LogP contribution in [0.25, 0.3) is 0 Å². The van der Waals surface area contributed by atoms with Gasteiger partial charge in [-0.05, 0) is 28.1 Å². The molecule has 0 aliphatic heterocycles. The van der Waals surface area contributed by atoms with Gasteiger partial charge in [-0.15, -0.1) is 0 Å². The standard InChI is InChI=1S/C10H9BrN2O2/c11-8-3-1-2-4-9(8)15-7-10(14)13-6-5-12/h1-4H,6-7H2,(H,13,14). The van der Waals surface area contributed by atoms with E-state index >= 15 is 0 Å². The van der Waals surface area contributed by atoms with Crippen molar-refractivity contribution in [1.82, 2.24) is 5.32 Å². The summed E-state index contributed by atoms with van der Waals surface area (Å²) in [6, 6.07) is 9.05. The van der Waals surface area contributed by atoms with Crippen LogP contribution >= 0.6 is 15.9 Å². The van der Waals surface area contributed by atoms with E-state index in [0.29, 0.717) is 5.75 Å². The Morgan fingerprint density at radius 1 is 1.53 bits per heavy atom. The zero-order valence-electron chi connectivity index (χ0n) is 7.87. The predicted molar refractivity (Wildman–Crippen MR) is 58.3 cm³/mol. The number of nitrogens with one attached hydrogen (secondary N) is 1. The minimum absolute atomic E-state index is 0.00183. The van der Waals surface area contributed by atoms with E-state index in [1.807, 2.05) is 24.3 Å². The second-order valence-corrected chi connectivity index (χ2v) is 3.51. The third-order valence-corrected chi connectivity index (χ3v) is 2.22. The van der Waals surface area contributed by atoms with Crippen molar-refractivity contribution in [3.8, 4) is 11.8 Å². The number of rotatable bonds is 4. The van der Waals surface area contributed by atoms with Crippen molar-refractivity contribution in [3.63, 3.8) is 0 Å². The minimum Gasteiger partial charge on any atom is -0.483 e. The Bertz CT molecular complexity index is 387. The first kappa shape index (κ1) is 11.5. The first-order valence-corrected chi connectivity index (χ1v) is 5.04. The monoisotopic (exact) mass is 268 g/mol. The van der Waals surface area contributed by atoms with E-state index in [0.717, 1.165) is 4.47 Å². The number of hydrogen-bond acceptors (Lipinski definition) is 3. The lowest BCUT2D eigenvalue weighted by atomic mass is 10.3. The Balaban J connectivity index is 2.41. The molecular formula is C10H9BrN2O2. The molecule has 0 fully saturated rings. The van der Waals surface area contributed by atoms with Gasteiger partial charge in [-0.2, -0.15) is 5.26 Å². The molecule has 5 heteroatoms. The summed E-state index contributed by atoms with van der Waals surface area (Å²) in [5.74, 6) is 0.289. The summed E-state index contributed by atoms with van der Waals surface area (Å²) in [7, 11) is 0. The predicted octanol–water partition coefficient (Wildman–Crippen LogP) is 1.47. The number of ether oxygens (including phenoxy) is 1. The lowest BCUT2D eigenvalue weighted by Gasteiger charge is -2.06. The number of amides is 1. The number of nitrogens with zero attached hydrogens (tertiary/aromatic N) is 1. The summed E-state index contributed by atoms with van der Waals surface area (Å²) < 4.78 is 6.02. The number of carbonyl (C=O) groups is 1. The normalized spacial score (nSPS) is 9.07. The average Bonchev–Trinajstić information content (AvgIpc) is 2.25. The molecule has 0 saturated carbocycles. The van der Waals surface area contributed by atoms with E-state index in [4.69, 9.17) is 10.00 Å². The molecule has 0 unspecified atom stereocenters. The molecule has 0 aromatic heterocycles.